The predicted molar refractivity (Wildman–Crippen MR) is 211 cm³/mol. The number of aromatic amines is 1. The molecule has 0 spiro atoms. The van der Waals surface area contributed by atoms with Gasteiger partial charge in [0.15, 0.2) is 11.4 Å². The normalized spacial score (nSPS) is 10.7. The quantitative estimate of drug-likeness (QED) is 0.0843. The lowest BCUT2D eigenvalue weighted by Gasteiger charge is -2.14. The van der Waals surface area contributed by atoms with Crippen LogP contribution in [-0.2, 0) is 12.4 Å². The largest absolute Gasteiger partial charge is 0.480 e. The number of aromatic nitrogens is 8. The zero-order chi connectivity index (χ0) is 48.0. The number of hydrogen-bond acceptors (Lipinski definition) is 14. The van der Waals surface area contributed by atoms with Crippen LogP contribution in [0.3, 0.4) is 0 Å². The Balaban J connectivity index is 0.000000238. The average molecular weight is 976 g/mol. The summed E-state index contributed by atoms with van der Waals surface area (Å²) < 4.78 is 124. The van der Waals surface area contributed by atoms with E-state index in [1.165, 1.54) is 56.7 Å². The third-order valence-electron chi connectivity index (χ3n) is 7.74. The fourth-order valence-electron chi connectivity index (χ4n) is 4.93. The summed E-state index contributed by atoms with van der Waals surface area (Å²) in [7, 11) is 2.60. The maximum absolute atomic E-state index is 13.5. The molecular formula is C38H25Cl3F8N10O6. The Bertz CT molecular complexity index is 2830. The van der Waals surface area contributed by atoms with Gasteiger partial charge in [-0.3, -0.25) is 14.2 Å². The molecule has 340 valence electrons. The molecule has 0 amide bonds. The van der Waals surface area contributed by atoms with Crippen molar-refractivity contribution in [2.75, 3.05) is 14.2 Å². The van der Waals surface area contributed by atoms with Crippen LogP contribution in [-0.4, -0.2) is 54.1 Å². The van der Waals surface area contributed by atoms with Gasteiger partial charge < -0.3 is 23.9 Å². The number of hydrogen-bond donors (Lipinski definition) is 1. The molecule has 65 heavy (non-hydrogen) atoms. The Hall–Kier alpha value is -7.15. The fourth-order valence-corrected chi connectivity index (χ4v) is 5.57. The molecule has 16 nitrogen and oxygen atoms in total. The van der Waals surface area contributed by atoms with E-state index in [9.17, 15) is 44.7 Å². The van der Waals surface area contributed by atoms with E-state index in [4.69, 9.17) is 64.3 Å². The molecule has 0 saturated carbocycles. The summed E-state index contributed by atoms with van der Waals surface area (Å²) in [6.07, 6.45) is -10.0. The molecular weight excluding hydrogens is 951 g/mol. The van der Waals surface area contributed by atoms with Crippen LogP contribution >= 0.6 is 34.8 Å². The molecule has 0 saturated heterocycles. The molecule has 4 aromatic heterocycles. The minimum Gasteiger partial charge on any atom is -0.480 e. The number of nitrogens with one attached hydrogen (secondary N) is 1. The van der Waals surface area contributed by atoms with Crippen molar-refractivity contribution >= 4 is 34.8 Å². The van der Waals surface area contributed by atoms with Gasteiger partial charge in [0.05, 0.1) is 62.6 Å². The van der Waals surface area contributed by atoms with E-state index in [1.807, 2.05) is 12.1 Å². The van der Waals surface area contributed by atoms with Crippen molar-refractivity contribution in [3.05, 3.63) is 137 Å². The van der Waals surface area contributed by atoms with Gasteiger partial charge >= 0.3 is 0 Å². The van der Waals surface area contributed by atoms with Crippen LogP contribution < -0.4 is 30.1 Å². The lowest BCUT2D eigenvalue weighted by atomic mass is 10.2. The zero-order valence-electron chi connectivity index (χ0n) is 32.6. The van der Waals surface area contributed by atoms with Crippen LogP contribution in [0.2, 0.25) is 10.0 Å². The summed E-state index contributed by atoms with van der Waals surface area (Å²) in [4.78, 5) is 33.5. The third-order valence-corrected chi connectivity index (χ3v) is 8.47. The van der Waals surface area contributed by atoms with Crippen molar-refractivity contribution in [1.82, 2.24) is 39.9 Å². The summed E-state index contributed by atoms with van der Waals surface area (Å²) in [5.74, 6) is -1.49. The van der Waals surface area contributed by atoms with Crippen molar-refractivity contribution < 1.29 is 54.1 Å². The number of nitrogens with zero attached hydrogens (tertiary/aromatic N) is 9. The van der Waals surface area contributed by atoms with Crippen LogP contribution in [0.5, 0.6) is 34.8 Å². The first-order valence-corrected chi connectivity index (χ1v) is 18.7. The molecule has 1 N–H and O–H groups in total. The Morgan fingerprint density at radius 1 is 0.662 bits per heavy atom. The number of benzene rings is 2. The molecule has 0 aliphatic carbocycles. The summed E-state index contributed by atoms with van der Waals surface area (Å²) in [5.41, 5.74) is -3.98. The summed E-state index contributed by atoms with van der Waals surface area (Å²) in [5, 5.41) is 31.6. The highest BCUT2D eigenvalue weighted by atomic mass is 35.5. The Labute approximate surface area is 374 Å². The number of alkyl halides is 9. The second-order valence-electron chi connectivity index (χ2n) is 12.1. The van der Waals surface area contributed by atoms with E-state index in [0.29, 0.717) is 5.56 Å². The first kappa shape index (κ1) is 50.5. The molecule has 0 unspecified atom stereocenters. The Morgan fingerprint density at radius 3 is 1.60 bits per heavy atom. The van der Waals surface area contributed by atoms with E-state index >= 15 is 0 Å². The molecule has 0 aliphatic heterocycles. The summed E-state index contributed by atoms with van der Waals surface area (Å²) in [6, 6.07) is 13.5. The molecule has 6 rings (SSSR count). The second kappa shape index (κ2) is 23.5. The van der Waals surface area contributed by atoms with Gasteiger partial charge in [0.1, 0.15) is 22.9 Å². The van der Waals surface area contributed by atoms with Crippen molar-refractivity contribution in [1.29, 1.82) is 10.5 Å². The minimum atomic E-state index is -3.16. The van der Waals surface area contributed by atoms with Gasteiger partial charge in [-0.2, -0.15) is 10.5 Å². The number of ether oxygens (including phenoxy) is 4. The topological polar surface area (TPSA) is 217 Å². The summed E-state index contributed by atoms with van der Waals surface area (Å²) in [6.45, 7) is -0.400. The van der Waals surface area contributed by atoms with Crippen LogP contribution in [0.25, 0.3) is 0 Å². The van der Waals surface area contributed by atoms with Gasteiger partial charge in [-0.05, 0) is 48.5 Å². The van der Waals surface area contributed by atoms with E-state index < -0.39 is 77.6 Å². The summed E-state index contributed by atoms with van der Waals surface area (Å²) >= 11 is 17.1. The monoisotopic (exact) mass is 974 g/mol. The highest BCUT2D eigenvalue weighted by Crippen LogP contribution is 2.32. The van der Waals surface area contributed by atoms with Gasteiger partial charge in [-0.15, -0.1) is 32.0 Å². The van der Waals surface area contributed by atoms with Crippen molar-refractivity contribution in [3.63, 3.8) is 0 Å². The van der Waals surface area contributed by atoms with Gasteiger partial charge in [-0.25, -0.2) is 45.1 Å². The second-order valence-corrected chi connectivity index (χ2v) is 13.2. The highest BCUT2D eigenvalue weighted by molar-refractivity contribution is 6.31. The third kappa shape index (κ3) is 13.7. The van der Waals surface area contributed by atoms with Gasteiger partial charge in [-0.1, -0.05) is 23.2 Å². The maximum atomic E-state index is 13.5. The molecule has 2 aromatic carbocycles. The first-order valence-electron chi connectivity index (χ1n) is 17.4. The van der Waals surface area contributed by atoms with Crippen LogP contribution in [0.4, 0.5) is 35.1 Å². The van der Waals surface area contributed by atoms with Gasteiger partial charge in [0.25, 0.3) is 36.8 Å². The van der Waals surface area contributed by atoms with E-state index in [-0.39, 0.29) is 55.9 Å². The maximum Gasteiger partial charge on any atom is 0.297 e. The van der Waals surface area contributed by atoms with E-state index in [2.05, 4.69) is 35.3 Å². The lowest BCUT2D eigenvalue weighted by Crippen LogP contribution is -2.24. The molecule has 0 aliphatic rings. The molecule has 0 bridgehead atoms. The Kier molecular flexibility index (Phi) is 18.3. The van der Waals surface area contributed by atoms with E-state index in [1.54, 1.807) is 0 Å². The lowest BCUT2D eigenvalue weighted by molar-refractivity contribution is 0.141. The van der Waals surface area contributed by atoms with Gasteiger partial charge in [0.2, 0.25) is 23.3 Å². The molecule has 0 radical (unpaired) electrons. The predicted octanol–water partition coefficient (Wildman–Crippen LogP) is 9.47. The van der Waals surface area contributed by atoms with Crippen LogP contribution in [0, 0.1) is 22.7 Å². The fraction of sp³-hybridized carbons (Fsp3) is 0.211. The molecule has 4 heterocycles. The van der Waals surface area contributed by atoms with Crippen molar-refractivity contribution in [2.24, 2.45) is 0 Å². The van der Waals surface area contributed by atoms with Crippen LogP contribution in [0.15, 0.2) is 70.8 Å². The molecule has 0 fully saturated rings. The van der Waals surface area contributed by atoms with Crippen molar-refractivity contribution in [3.8, 4) is 46.9 Å². The first-order chi connectivity index (χ1) is 30.9. The van der Waals surface area contributed by atoms with Crippen LogP contribution in [0.1, 0.15) is 70.7 Å². The van der Waals surface area contributed by atoms with E-state index in [0.717, 1.165) is 23.3 Å². The number of nitriles is 2. The highest BCUT2D eigenvalue weighted by Gasteiger charge is 2.24. The molecule has 0 atom stereocenters. The number of H-pyrrole nitrogens is 1. The smallest absolute Gasteiger partial charge is 0.297 e. The zero-order valence-corrected chi connectivity index (χ0v) is 34.9. The van der Waals surface area contributed by atoms with Gasteiger partial charge in [0, 0.05) is 21.2 Å². The Morgan fingerprint density at radius 2 is 1.14 bits per heavy atom. The minimum absolute atomic E-state index is 0.00514. The number of rotatable bonds is 13. The average Bonchev–Trinajstić information content (AvgIpc) is 3.27. The molecule has 27 heteroatoms. The number of methoxy groups -OCH3 is 2. The SMILES string of the molecule is COc1nnc(C(F)F)cc1CCl.COc1nnc(C(F)F)cc1Cn1cnc(C(F)F)c(Oc2cc(Cl)cc(C#N)c2)c1=O.N#Cc1cc(Cl)cc(Oc2c(C(F)F)nc[nH]c2=O)c1. The number of halogens is 11. The standard InChI is InChI=1S/C19H12ClF4N5O3.C12H6ClF2N3O2.C7H7ClF2N2O/c1-31-18-10(4-13(16(21)22)27-28-18)7-29-8-26-14(17(23)24)15(19(29)30)32-12-3-9(6-25)2-11(20)5-12;13-7-1-6(4-16)2-8(3-7)20-10-9(11(14)15)17-5-18-12(10)19;1-13-7-4(3-8)2-5(6(9)10)11-12-7/h2-5,8,16-17H,7H2,1H3;1-3,5,11H,(H,17,18,19);2,6H,3H2,1H3. The van der Waals surface area contributed by atoms with Crippen molar-refractivity contribution in [2.45, 2.75) is 38.1 Å². The molecule has 6 aromatic rings.